The van der Waals surface area contributed by atoms with E-state index in [1.807, 2.05) is 0 Å². The number of halogens is 1. The summed E-state index contributed by atoms with van der Waals surface area (Å²) in [5.74, 6) is 0.390. The van der Waals surface area contributed by atoms with Gasteiger partial charge in [0, 0.05) is 10.4 Å². The van der Waals surface area contributed by atoms with Gasteiger partial charge < -0.3 is 0 Å². The van der Waals surface area contributed by atoms with Crippen LogP contribution in [0.3, 0.4) is 0 Å². The third-order valence-corrected chi connectivity index (χ3v) is 3.90. The van der Waals surface area contributed by atoms with Gasteiger partial charge in [-0.1, -0.05) is 64.5 Å². The molecular weight excluding hydrogens is 272 g/mol. The Kier molecular flexibility index (Phi) is 2.64. The highest BCUT2D eigenvalue weighted by molar-refractivity contribution is 9.10. The molecule has 1 heteroatoms. The predicted octanol–water partition coefficient (Wildman–Crippen LogP) is 4.92. The van der Waals surface area contributed by atoms with Gasteiger partial charge in [0.05, 0.1) is 0 Å². The van der Waals surface area contributed by atoms with Crippen LogP contribution in [0.1, 0.15) is 28.2 Å². The van der Waals surface area contributed by atoms with Crippen LogP contribution >= 0.6 is 15.9 Å². The molecule has 1 unspecified atom stereocenters. The van der Waals surface area contributed by atoms with Gasteiger partial charge in [0.1, 0.15) is 0 Å². The van der Waals surface area contributed by atoms with Gasteiger partial charge in [-0.3, -0.25) is 0 Å². The SMILES string of the molecule is Cc1cc(Br)c2c(c1)C=CC2c1ccccc1. The zero-order chi connectivity index (χ0) is 11.8. The van der Waals surface area contributed by atoms with Crippen LogP contribution in [0.5, 0.6) is 0 Å². The minimum Gasteiger partial charge on any atom is -0.0720 e. The lowest BCUT2D eigenvalue weighted by molar-refractivity contribution is 1.04. The van der Waals surface area contributed by atoms with Crippen molar-refractivity contribution >= 4 is 22.0 Å². The zero-order valence-corrected chi connectivity index (χ0v) is 11.2. The van der Waals surface area contributed by atoms with Crippen LogP contribution in [0.25, 0.3) is 6.08 Å². The molecule has 1 atom stereocenters. The number of allylic oxidation sites excluding steroid dienone is 1. The molecule has 0 bridgehead atoms. The van der Waals surface area contributed by atoms with Crippen LogP contribution in [0.4, 0.5) is 0 Å². The van der Waals surface area contributed by atoms with E-state index in [-0.39, 0.29) is 0 Å². The number of hydrogen-bond acceptors (Lipinski definition) is 0. The van der Waals surface area contributed by atoms with Crippen LogP contribution in [0, 0.1) is 6.92 Å². The second-order valence-electron chi connectivity index (χ2n) is 4.50. The van der Waals surface area contributed by atoms with Crippen LogP contribution in [-0.2, 0) is 0 Å². The number of aryl methyl sites for hydroxylation is 1. The highest BCUT2D eigenvalue weighted by Gasteiger charge is 2.21. The van der Waals surface area contributed by atoms with Crippen molar-refractivity contribution in [3.63, 3.8) is 0 Å². The lowest BCUT2D eigenvalue weighted by Gasteiger charge is -2.14. The van der Waals surface area contributed by atoms with Crippen LogP contribution in [0.15, 0.2) is 53.0 Å². The van der Waals surface area contributed by atoms with Crippen molar-refractivity contribution in [1.29, 1.82) is 0 Å². The first kappa shape index (κ1) is 10.8. The molecule has 2 aromatic rings. The first-order valence-corrected chi connectivity index (χ1v) is 6.58. The molecule has 0 fully saturated rings. The van der Waals surface area contributed by atoms with Gasteiger partial charge in [-0.05, 0) is 35.2 Å². The molecule has 0 amide bonds. The molecule has 84 valence electrons. The highest BCUT2D eigenvalue weighted by Crippen LogP contribution is 2.40. The molecule has 2 aromatic carbocycles. The minimum absolute atomic E-state index is 0.390. The first-order valence-electron chi connectivity index (χ1n) is 5.79. The second kappa shape index (κ2) is 4.15. The fourth-order valence-corrected chi connectivity index (χ4v) is 3.32. The Morgan fingerprint density at radius 3 is 2.59 bits per heavy atom. The minimum atomic E-state index is 0.390. The maximum Gasteiger partial charge on any atom is 0.0289 e. The van der Waals surface area contributed by atoms with E-state index in [0.717, 1.165) is 0 Å². The Balaban J connectivity index is 2.14. The van der Waals surface area contributed by atoms with E-state index in [2.05, 4.69) is 77.5 Å². The summed E-state index contributed by atoms with van der Waals surface area (Å²) in [6.45, 7) is 2.13. The number of fused-ring (bicyclic) bond motifs is 1. The summed E-state index contributed by atoms with van der Waals surface area (Å²) in [6, 6.07) is 15.1. The lowest BCUT2D eigenvalue weighted by atomic mass is 9.92. The average molecular weight is 285 g/mol. The summed E-state index contributed by atoms with van der Waals surface area (Å²) >= 11 is 3.70. The monoisotopic (exact) mass is 284 g/mol. The Hall–Kier alpha value is -1.34. The average Bonchev–Trinajstić information content (AvgIpc) is 2.74. The number of benzene rings is 2. The van der Waals surface area contributed by atoms with Crippen molar-refractivity contribution < 1.29 is 0 Å². The Labute approximate surface area is 110 Å². The fraction of sp³-hybridized carbons (Fsp3) is 0.125. The van der Waals surface area contributed by atoms with Crippen molar-refractivity contribution in [3.8, 4) is 0 Å². The molecule has 3 rings (SSSR count). The van der Waals surface area contributed by atoms with Crippen molar-refractivity contribution in [2.24, 2.45) is 0 Å². The zero-order valence-electron chi connectivity index (χ0n) is 9.65. The summed E-state index contributed by atoms with van der Waals surface area (Å²) in [7, 11) is 0. The van der Waals surface area contributed by atoms with E-state index in [1.165, 1.54) is 26.7 Å². The van der Waals surface area contributed by atoms with Gasteiger partial charge in [-0.2, -0.15) is 0 Å². The van der Waals surface area contributed by atoms with Crippen molar-refractivity contribution in [2.45, 2.75) is 12.8 Å². The van der Waals surface area contributed by atoms with Crippen molar-refractivity contribution in [1.82, 2.24) is 0 Å². The molecule has 1 aliphatic rings. The Morgan fingerprint density at radius 2 is 1.82 bits per heavy atom. The van der Waals surface area contributed by atoms with Crippen molar-refractivity contribution in [3.05, 3.63) is 75.3 Å². The summed E-state index contributed by atoms with van der Waals surface area (Å²) in [5, 5.41) is 0. The number of hydrogen-bond donors (Lipinski definition) is 0. The number of rotatable bonds is 1. The second-order valence-corrected chi connectivity index (χ2v) is 5.35. The standard InChI is InChI=1S/C16H13Br/c1-11-9-13-7-8-14(16(13)15(17)10-11)12-5-3-2-4-6-12/h2-10,14H,1H3. The molecular formula is C16H13Br. The van der Waals surface area contributed by atoms with Gasteiger partial charge in [-0.15, -0.1) is 0 Å². The summed E-state index contributed by atoms with van der Waals surface area (Å²) in [5.41, 5.74) is 5.38. The normalized spacial score (nSPS) is 17.2. The van der Waals surface area contributed by atoms with E-state index in [4.69, 9.17) is 0 Å². The van der Waals surface area contributed by atoms with E-state index in [0.29, 0.717) is 5.92 Å². The maximum atomic E-state index is 3.70. The summed E-state index contributed by atoms with van der Waals surface area (Å²) in [6.07, 6.45) is 4.51. The van der Waals surface area contributed by atoms with Gasteiger partial charge >= 0.3 is 0 Å². The van der Waals surface area contributed by atoms with Crippen LogP contribution < -0.4 is 0 Å². The summed E-state index contributed by atoms with van der Waals surface area (Å²) < 4.78 is 1.21. The molecule has 0 spiro atoms. The molecule has 0 heterocycles. The Bertz CT molecular complexity index is 582. The quantitative estimate of drug-likeness (QED) is 0.698. The smallest absolute Gasteiger partial charge is 0.0289 e. The molecule has 0 aromatic heterocycles. The predicted molar refractivity (Wildman–Crippen MR) is 76.2 cm³/mol. The summed E-state index contributed by atoms with van der Waals surface area (Å²) in [4.78, 5) is 0. The Morgan fingerprint density at radius 1 is 1.06 bits per heavy atom. The molecule has 0 N–H and O–H groups in total. The molecule has 0 saturated heterocycles. The topological polar surface area (TPSA) is 0 Å². The van der Waals surface area contributed by atoms with Crippen LogP contribution in [0.2, 0.25) is 0 Å². The van der Waals surface area contributed by atoms with Gasteiger partial charge in [-0.25, -0.2) is 0 Å². The highest BCUT2D eigenvalue weighted by atomic mass is 79.9. The fourth-order valence-electron chi connectivity index (χ4n) is 2.48. The van der Waals surface area contributed by atoms with E-state index >= 15 is 0 Å². The lowest BCUT2D eigenvalue weighted by Crippen LogP contribution is -1.97. The van der Waals surface area contributed by atoms with E-state index in [9.17, 15) is 0 Å². The van der Waals surface area contributed by atoms with Crippen molar-refractivity contribution in [2.75, 3.05) is 0 Å². The molecule has 0 nitrogen and oxygen atoms in total. The molecule has 1 aliphatic carbocycles. The van der Waals surface area contributed by atoms with E-state index in [1.54, 1.807) is 0 Å². The third kappa shape index (κ3) is 1.85. The molecule has 0 radical (unpaired) electrons. The third-order valence-electron chi connectivity index (χ3n) is 3.24. The van der Waals surface area contributed by atoms with Gasteiger partial charge in [0.15, 0.2) is 0 Å². The van der Waals surface area contributed by atoms with Gasteiger partial charge in [0.2, 0.25) is 0 Å². The molecule has 17 heavy (non-hydrogen) atoms. The van der Waals surface area contributed by atoms with E-state index < -0.39 is 0 Å². The van der Waals surface area contributed by atoms with Crippen LogP contribution in [-0.4, -0.2) is 0 Å². The molecule has 0 aliphatic heterocycles. The largest absolute Gasteiger partial charge is 0.0720 e. The maximum absolute atomic E-state index is 3.70. The molecule has 0 saturated carbocycles. The first-order chi connectivity index (χ1) is 8.25. The van der Waals surface area contributed by atoms with Gasteiger partial charge in [0.25, 0.3) is 0 Å².